The molecule has 1 fully saturated rings. The molecule has 1 aliphatic heterocycles. The second-order valence-corrected chi connectivity index (χ2v) is 8.89. The van der Waals surface area contributed by atoms with Gasteiger partial charge < -0.3 is 14.6 Å². The molecule has 0 unspecified atom stereocenters. The van der Waals surface area contributed by atoms with Crippen molar-refractivity contribution in [2.45, 2.75) is 44.1 Å². The maximum atomic E-state index is 12.5. The molecule has 162 valence electrons. The quantitative estimate of drug-likeness (QED) is 0.360. The average Bonchev–Trinajstić information content (AvgIpc) is 3.44. The van der Waals surface area contributed by atoms with E-state index >= 15 is 0 Å². The molecule has 0 saturated carbocycles. The van der Waals surface area contributed by atoms with Gasteiger partial charge in [-0.3, -0.25) is 4.79 Å². The molecule has 2 heterocycles. The number of nitrogens with one attached hydrogen (secondary N) is 1. The van der Waals surface area contributed by atoms with Gasteiger partial charge in [-0.2, -0.15) is 0 Å². The molecule has 1 atom stereocenters. The van der Waals surface area contributed by atoms with Crippen LogP contribution in [0.5, 0.6) is 0 Å². The predicted molar refractivity (Wildman–Crippen MR) is 124 cm³/mol. The summed E-state index contributed by atoms with van der Waals surface area (Å²) in [6.07, 6.45) is 2.23. The van der Waals surface area contributed by atoms with Crippen LogP contribution in [0.4, 0.5) is 5.69 Å². The number of aromatic nitrogens is 3. The highest BCUT2D eigenvalue weighted by Gasteiger charge is 2.21. The molecule has 0 radical (unpaired) electrons. The summed E-state index contributed by atoms with van der Waals surface area (Å²) in [5, 5.41) is 13.6. The van der Waals surface area contributed by atoms with Crippen LogP contribution in [0.25, 0.3) is 0 Å². The lowest BCUT2D eigenvalue weighted by Gasteiger charge is -2.15. The van der Waals surface area contributed by atoms with Crippen LogP contribution in [-0.4, -0.2) is 39.0 Å². The average molecular weight is 457 g/mol. The number of ether oxygens (including phenoxy) is 1. The van der Waals surface area contributed by atoms with Crippen molar-refractivity contribution in [1.29, 1.82) is 0 Å². The monoisotopic (exact) mass is 456 g/mol. The zero-order valence-electron chi connectivity index (χ0n) is 17.4. The summed E-state index contributed by atoms with van der Waals surface area (Å²) in [5.41, 5.74) is 2.67. The van der Waals surface area contributed by atoms with Gasteiger partial charge in [0.2, 0.25) is 0 Å². The molecule has 0 spiro atoms. The molecule has 1 aromatic heterocycles. The largest absolute Gasteiger partial charge is 0.378 e. The predicted octanol–water partition coefficient (Wildman–Crippen LogP) is 5.01. The van der Waals surface area contributed by atoms with Crippen molar-refractivity contribution in [3.05, 3.63) is 70.5 Å². The molecule has 3 aromatic rings. The molecular weight excluding hydrogens is 432 g/mol. The number of benzene rings is 2. The van der Waals surface area contributed by atoms with E-state index in [1.165, 1.54) is 11.8 Å². The van der Waals surface area contributed by atoms with Gasteiger partial charge in [-0.05, 0) is 37.5 Å². The molecule has 2 aromatic carbocycles. The SMILES string of the molecule is Cc1ccc(NCc2nnc(SCC(=O)c3ccccc3)n2C[C@@H]2CCCO2)cc1Cl. The summed E-state index contributed by atoms with van der Waals surface area (Å²) >= 11 is 7.66. The summed E-state index contributed by atoms with van der Waals surface area (Å²) in [5.74, 6) is 1.20. The second kappa shape index (κ2) is 10.3. The Kier molecular flexibility index (Phi) is 7.27. The van der Waals surface area contributed by atoms with E-state index in [-0.39, 0.29) is 11.9 Å². The smallest absolute Gasteiger partial charge is 0.191 e. The van der Waals surface area contributed by atoms with Crippen molar-refractivity contribution in [3.63, 3.8) is 0 Å². The number of carbonyl (C=O) groups excluding carboxylic acids is 1. The zero-order chi connectivity index (χ0) is 21.6. The number of anilines is 1. The maximum absolute atomic E-state index is 12.5. The van der Waals surface area contributed by atoms with Crippen LogP contribution in [-0.2, 0) is 17.8 Å². The molecule has 1 N–H and O–H groups in total. The lowest BCUT2D eigenvalue weighted by Crippen LogP contribution is -2.19. The summed E-state index contributed by atoms with van der Waals surface area (Å²) in [4.78, 5) is 12.5. The van der Waals surface area contributed by atoms with Gasteiger partial charge in [0.1, 0.15) is 0 Å². The normalized spacial score (nSPS) is 15.9. The van der Waals surface area contributed by atoms with Gasteiger partial charge >= 0.3 is 0 Å². The van der Waals surface area contributed by atoms with Crippen LogP contribution in [0, 0.1) is 6.92 Å². The number of aryl methyl sites for hydroxylation is 1. The van der Waals surface area contributed by atoms with Gasteiger partial charge in [-0.1, -0.05) is 59.8 Å². The van der Waals surface area contributed by atoms with Crippen LogP contribution in [0.15, 0.2) is 53.7 Å². The molecule has 8 heteroatoms. The molecule has 1 aliphatic rings. The number of hydrogen-bond acceptors (Lipinski definition) is 6. The number of carbonyl (C=O) groups is 1. The minimum Gasteiger partial charge on any atom is -0.378 e. The Morgan fingerprint density at radius 2 is 2.10 bits per heavy atom. The van der Waals surface area contributed by atoms with E-state index in [2.05, 4.69) is 20.1 Å². The third-order valence-corrected chi connectivity index (χ3v) is 6.63. The van der Waals surface area contributed by atoms with Crippen LogP contribution >= 0.6 is 23.4 Å². The molecule has 1 saturated heterocycles. The lowest BCUT2D eigenvalue weighted by atomic mass is 10.2. The standard InChI is InChI=1S/C23H25ClN4O2S/c1-16-9-10-18(12-20(16)24)25-13-22-26-27-23(28(22)14-19-8-5-11-30-19)31-15-21(29)17-6-3-2-4-7-17/h2-4,6-7,9-10,12,19,25H,5,8,11,13-15H2,1H3/t19-/m0/s1. The van der Waals surface area contributed by atoms with E-state index in [1.54, 1.807) is 0 Å². The fourth-order valence-corrected chi connectivity index (χ4v) is 4.49. The number of thioether (sulfide) groups is 1. The first-order valence-corrected chi connectivity index (χ1v) is 11.7. The highest BCUT2D eigenvalue weighted by atomic mass is 35.5. The Morgan fingerprint density at radius 1 is 1.26 bits per heavy atom. The first-order valence-electron chi connectivity index (χ1n) is 10.3. The number of ketones is 1. The van der Waals surface area contributed by atoms with E-state index in [0.717, 1.165) is 46.7 Å². The Bertz CT molecular complexity index is 1040. The Morgan fingerprint density at radius 3 is 2.84 bits per heavy atom. The second-order valence-electron chi connectivity index (χ2n) is 7.54. The molecule has 4 rings (SSSR count). The van der Waals surface area contributed by atoms with E-state index < -0.39 is 0 Å². The minimum absolute atomic E-state index is 0.0752. The van der Waals surface area contributed by atoms with Crippen molar-refractivity contribution >= 4 is 34.8 Å². The first-order chi connectivity index (χ1) is 15.1. The number of Topliss-reactive ketones (excluding diaryl/α,β-unsaturated/α-hetero) is 1. The van der Waals surface area contributed by atoms with Crippen LogP contribution in [0.2, 0.25) is 5.02 Å². The van der Waals surface area contributed by atoms with E-state index in [1.807, 2.05) is 55.5 Å². The highest BCUT2D eigenvalue weighted by Crippen LogP contribution is 2.24. The third-order valence-electron chi connectivity index (χ3n) is 5.25. The highest BCUT2D eigenvalue weighted by molar-refractivity contribution is 7.99. The van der Waals surface area contributed by atoms with Gasteiger partial charge in [-0.25, -0.2) is 0 Å². The van der Waals surface area contributed by atoms with Gasteiger partial charge in [-0.15, -0.1) is 10.2 Å². The minimum atomic E-state index is 0.0752. The molecule has 6 nitrogen and oxygen atoms in total. The first kappa shape index (κ1) is 21.9. The summed E-state index contributed by atoms with van der Waals surface area (Å²) < 4.78 is 7.90. The van der Waals surface area contributed by atoms with Gasteiger partial charge in [0, 0.05) is 22.9 Å². The maximum Gasteiger partial charge on any atom is 0.191 e. The van der Waals surface area contributed by atoms with Crippen molar-refractivity contribution in [1.82, 2.24) is 14.8 Å². The molecule has 0 bridgehead atoms. The van der Waals surface area contributed by atoms with E-state index in [9.17, 15) is 4.79 Å². The third kappa shape index (κ3) is 5.67. The molecule has 0 aliphatic carbocycles. The van der Waals surface area contributed by atoms with Crippen LogP contribution in [0.3, 0.4) is 0 Å². The van der Waals surface area contributed by atoms with Crippen molar-refractivity contribution in [2.75, 3.05) is 17.7 Å². The van der Waals surface area contributed by atoms with Crippen LogP contribution in [0.1, 0.15) is 34.6 Å². The van der Waals surface area contributed by atoms with E-state index in [4.69, 9.17) is 16.3 Å². The van der Waals surface area contributed by atoms with Crippen molar-refractivity contribution in [2.24, 2.45) is 0 Å². The Labute approximate surface area is 191 Å². The fourth-order valence-electron chi connectivity index (χ4n) is 3.45. The van der Waals surface area contributed by atoms with Gasteiger partial charge in [0.25, 0.3) is 0 Å². The Balaban J connectivity index is 1.47. The van der Waals surface area contributed by atoms with Gasteiger partial charge in [0.05, 0.1) is 24.9 Å². The molecular formula is C23H25ClN4O2S. The molecule has 31 heavy (non-hydrogen) atoms. The summed E-state index contributed by atoms with van der Waals surface area (Å²) in [7, 11) is 0. The van der Waals surface area contributed by atoms with E-state index in [0.29, 0.717) is 24.4 Å². The Hall–Kier alpha value is -2.35. The summed E-state index contributed by atoms with van der Waals surface area (Å²) in [6.45, 7) is 3.95. The zero-order valence-corrected chi connectivity index (χ0v) is 19.0. The number of hydrogen-bond donors (Lipinski definition) is 1. The van der Waals surface area contributed by atoms with Gasteiger partial charge in [0.15, 0.2) is 16.8 Å². The number of halogens is 1. The molecule has 0 amide bonds. The lowest BCUT2D eigenvalue weighted by molar-refractivity contribution is 0.0942. The summed E-state index contributed by atoms with van der Waals surface area (Å²) in [6, 6.07) is 15.2. The number of rotatable bonds is 9. The van der Waals surface area contributed by atoms with Crippen molar-refractivity contribution in [3.8, 4) is 0 Å². The number of nitrogens with zero attached hydrogens (tertiary/aromatic N) is 3. The van der Waals surface area contributed by atoms with Crippen LogP contribution < -0.4 is 5.32 Å². The topological polar surface area (TPSA) is 69.0 Å². The fraction of sp³-hybridized carbons (Fsp3) is 0.348. The van der Waals surface area contributed by atoms with Crippen molar-refractivity contribution < 1.29 is 9.53 Å².